The van der Waals surface area contributed by atoms with E-state index in [2.05, 4.69) is 53.7 Å². The second-order valence-electron chi connectivity index (χ2n) is 7.10. The van der Waals surface area contributed by atoms with Crippen molar-refractivity contribution in [3.63, 3.8) is 0 Å². The maximum atomic E-state index is 5.26. The maximum Gasteiger partial charge on any atom is 0.122 e. The van der Waals surface area contributed by atoms with Gasteiger partial charge in [-0.05, 0) is 66.6 Å². The Hall–Kier alpha value is -2.16. The van der Waals surface area contributed by atoms with Gasteiger partial charge in [0.2, 0.25) is 0 Å². The highest BCUT2D eigenvalue weighted by Gasteiger charge is 2.08. The van der Waals surface area contributed by atoms with Crippen molar-refractivity contribution in [3.05, 3.63) is 52.6 Å². The van der Waals surface area contributed by atoms with Crippen molar-refractivity contribution < 1.29 is 14.2 Å². The SMILES string of the molecule is COc1cc(C)c(C(C)C)cc1C.COc1ccc(OC)c(C(C)C)c1. The van der Waals surface area contributed by atoms with E-state index in [0.717, 1.165) is 17.2 Å². The third-order valence-electron chi connectivity index (χ3n) is 4.46. The molecule has 2 aromatic carbocycles. The van der Waals surface area contributed by atoms with Crippen LogP contribution in [0.5, 0.6) is 17.2 Å². The summed E-state index contributed by atoms with van der Waals surface area (Å²) in [7, 11) is 5.08. The van der Waals surface area contributed by atoms with Crippen LogP contribution in [0.15, 0.2) is 30.3 Å². The molecule has 0 aromatic heterocycles. The minimum atomic E-state index is 0.449. The van der Waals surface area contributed by atoms with Crippen LogP contribution in [0.1, 0.15) is 61.8 Å². The fourth-order valence-electron chi connectivity index (χ4n) is 2.94. The fourth-order valence-corrected chi connectivity index (χ4v) is 2.94. The van der Waals surface area contributed by atoms with Gasteiger partial charge >= 0.3 is 0 Å². The molecule has 0 aliphatic rings. The molecule has 0 saturated heterocycles. The van der Waals surface area contributed by atoms with Crippen LogP contribution in [0.3, 0.4) is 0 Å². The van der Waals surface area contributed by atoms with Crippen molar-refractivity contribution >= 4 is 0 Å². The highest BCUT2D eigenvalue weighted by atomic mass is 16.5. The Balaban J connectivity index is 0.000000260. The van der Waals surface area contributed by atoms with Gasteiger partial charge in [0, 0.05) is 5.56 Å². The first kappa shape index (κ1) is 21.9. The zero-order chi connectivity index (χ0) is 19.9. The molecule has 0 N–H and O–H groups in total. The van der Waals surface area contributed by atoms with E-state index in [4.69, 9.17) is 14.2 Å². The smallest absolute Gasteiger partial charge is 0.122 e. The van der Waals surface area contributed by atoms with E-state index in [1.807, 2.05) is 18.2 Å². The molecule has 3 heteroatoms. The van der Waals surface area contributed by atoms with Crippen molar-refractivity contribution in [1.82, 2.24) is 0 Å². The first-order valence-electron chi connectivity index (χ1n) is 9.12. The van der Waals surface area contributed by atoms with E-state index in [1.54, 1.807) is 21.3 Å². The molecule has 0 aliphatic carbocycles. The number of hydrogen-bond acceptors (Lipinski definition) is 3. The Bertz CT molecular complexity index is 703. The Labute approximate surface area is 159 Å². The first-order chi connectivity index (χ1) is 12.2. The van der Waals surface area contributed by atoms with Gasteiger partial charge in [0.15, 0.2) is 0 Å². The Kier molecular flexibility index (Phi) is 8.50. The predicted octanol–water partition coefficient (Wildman–Crippen LogP) is 6.26. The van der Waals surface area contributed by atoms with Gasteiger partial charge in [0.25, 0.3) is 0 Å². The molecular weight excluding hydrogens is 324 g/mol. The maximum absolute atomic E-state index is 5.26. The van der Waals surface area contributed by atoms with Crippen LogP contribution in [0.4, 0.5) is 0 Å². The van der Waals surface area contributed by atoms with Crippen LogP contribution in [-0.2, 0) is 0 Å². The minimum Gasteiger partial charge on any atom is -0.497 e. The molecule has 0 bridgehead atoms. The molecule has 0 fully saturated rings. The van der Waals surface area contributed by atoms with E-state index in [0.29, 0.717) is 11.8 Å². The van der Waals surface area contributed by atoms with Gasteiger partial charge in [-0.25, -0.2) is 0 Å². The Morgan fingerprint density at radius 2 is 1.19 bits per heavy atom. The van der Waals surface area contributed by atoms with Gasteiger partial charge in [0.05, 0.1) is 21.3 Å². The first-order valence-corrected chi connectivity index (χ1v) is 9.12. The number of ether oxygens (including phenoxy) is 3. The Morgan fingerprint density at radius 1 is 0.615 bits per heavy atom. The normalized spacial score (nSPS) is 10.4. The summed E-state index contributed by atoms with van der Waals surface area (Å²) in [5.74, 6) is 3.83. The molecule has 0 saturated carbocycles. The van der Waals surface area contributed by atoms with Crippen molar-refractivity contribution in [1.29, 1.82) is 0 Å². The largest absolute Gasteiger partial charge is 0.497 e. The summed E-state index contributed by atoms with van der Waals surface area (Å²) >= 11 is 0. The third kappa shape index (κ3) is 5.69. The van der Waals surface area contributed by atoms with Crippen LogP contribution < -0.4 is 14.2 Å². The number of hydrogen-bond donors (Lipinski definition) is 0. The lowest BCUT2D eigenvalue weighted by molar-refractivity contribution is 0.397. The summed E-state index contributed by atoms with van der Waals surface area (Å²) < 4.78 is 15.7. The number of rotatable bonds is 5. The predicted molar refractivity (Wildman–Crippen MR) is 110 cm³/mol. The van der Waals surface area contributed by atoms with Crippen LogP contribution >= 0.6 is 0 Å². The van der Waals surface area contributed by atoms with Crippen LogP contribution in [0.25, 0.3) is 0 Å². The molecular formula is C23H34O3. The lowest BCUT2D eigenvalue weighted by Crippen LogP contribution is -1.95. The summed E-state index contributed by atoms with van der Waals surface area (Å²) in [6.45, 7) is 12.9. The third-order valence-corrected chi connectivity index (χ3v) is 4.46. The number of aryl methyl sites for hydroxylation is 2. The zero-order valence-electron chi connectivity index (χ0n) is 17.8. The average molecular weight is 359 g/mol. The standard InChI is InChI=1S/C12H18O.C11H16O2/c1-8(2)11-6-10(4)12(13-5)7-9(11)3;1-8(2)10-7-9(12-3)5-6-11(10)13-4/h6-8H,1-5H3;5-8H,1-4H3. The second-order valence-corrected chi connectivity index (χ2v) is 7.10. The monoisotopic (exact) mass is 358 g/mol. The van der Waals surface area contributed by atoms with Gasteiger partial charge in [0.1, 0.15) is 17.2 Å². The molecule has 26 heavy (non-hydrogen) atoms. The van der Waals surface area contributed by atoms with Gasteiger partial charge < -0.3 is 14.2 Å². The highest BCUT2D eigenvalue weighted by Crippen LogP contribution is 2.30. The molecule has 0 heterocycles. The molecule has 3 nitrogen and oxygen atoms in total. The van der Waals surface area contributed by atoms with Crippen LogP contribution in [0.2, 0.25) is 0 Å². The van der Waals surface area contributed by atoms with Crippen molar-refractivity contribution in [2.24, 2.45) is 0 Å². The van der Waals surface area contributed by atoms with E-state index in [-0.39, 0.29) is 0 Å². The summed E-state index contributed by atoms with van der Waals surface area (Å²) in [5.41, 5.74) is 5.13. The molecule has 0 radical (unpaired) electrons. The summed E-state index contributed by atoms with van der Waals surface area (Å²) in [6, 6.07) is 10.2. The average Bonchev–Trinajstić information content (AvgIpc) is 2.62. The second kappa shape index (κ2) is 10.1. The number of benzene rings is 2. The van der Waals surface area contributed by atoms with E-state index in [9.17, 15) is 0 Å². The lowest BCUT2D eigenvalue weighted by Gasteiger charge is -2.13. The van der Waals surface area contributed by atoms with Crippen molar-refractivity contribution in [3.8, 4) is 17.2 Å². The summed E-state index contributed by atoms with van der Waals surface area (Å²) in [6.07, 6.45) is 0. The molecule has 0 unspecified atom stereocenters. The topological polar surface area (TPSA) is 27.7 Å². The van der Waals surface area contributed by atoms with Gasteiger partial charge in [-0.3, -0.25) is 0 Å². The Morgan fingerprint density at radius 3 is 1.65 bits per heavy atom. The van der Waals surface area contributed by atoms with Gasteiger partial charge in [-0.2, -0.15) is 0 Å². The highest BCUT2D eigenvalue weighted by molar-refractivity contribution is 5.43. The molecule has 0 amide bonds. The van der Waals surface area contributed by atoms with E-state index in [1.165, 1.54) is 22.3 Å². The van der Waals surface area contributed by atoms with E-state index >= 15 is 0 Å². The minimum absolute atomic E-state index is 0.449. The van der Waals surface area contributed by atoms with Crippen LogP contribution in [0, 0.1) is 13.8 Å². The molecule has 144 valence electrons. The van der Waals surface area contributed by atoms with E-state index < -0.39 is 0 Å². The van der Waals surface area contributed by atoms with Gasteiger partial charge in [-0.15, -0.1) is 0 Å². The fraction of sp³-hybridized carbons (Fsp3) is 0.478. The molecule has 2 aromatic rings. The quantitative estimate of drug-likeness (QED) is 0.631. The van der Waals surface area contributed by atoms with Crippen molar-refractivity contribution in [2.45, 2.75) is 53.4 Å². The van der Waals surface area contributed by atoms with Gasteiger partial charge in [-0.1, -0.05) is 33.8 Å². The van der Waals surface area contributed by atoms with Crippen LogP contribution in [-0.4, -0.2) is 21.3 Å². The summed E-state index contributed by atoms with van der Waals surface area (Å²) in [4.78, 5) is 0. The van der Waals surface area contributed by atoms with Crippen molar-refractivity contribution in [2.75, 3.05) is 21.3 Å². The molecule has 2 rings (SSSR count). The molecule has 0 atom stereocenters. The lowest BCUT2D eigenvalue weighted by atomic mass is 9.96. The molecule has 0 spiro atoms. The molecule has 0 aliphatic heterocycles. The zero-order valence-corrected chi connectivity index (χ0v) is 17.8. The number of methoxy groups -OCH3 is 3. The summed E-state index contributed by atoms with van der Waals surface area (Å²) in [5, 5.41) is 0.